The van der Waals surface area contributed by atoms with Crippen LogP contribution in [0.2, 0.25) is 51.9 Å². The first-order valence-corrected chi connectivity index (χ1v) is 19.0. The summed E-state index contributed by atoms with van der Waals surface area (Å²) >= 11 is 0. The van der Waals surface area contributed by atoms with Crippen LogP contribution in [0.5, 0.6) is 0 Å². The van der Waals surface area contributed by atoms with Gasteiger partial charge in [-0.15, -0.1) is 0 Å². The maximum Gasteiger partial charge on any atom is 0.434 e. The molecule has 32 heavy (non-hydrogen) atoms. The van der Waals surface area contributed by atoms with E-state index in [4.69, 9.17) is 13.0 Å². The summed E-state index contributed by atoms with van der Waals surface area (Å²) in [5.41, 5.74) is 0. The van der Waals surface area contributed by atoms with Crippen LogP contribution >= 0.6 is 0 Å². The van der Waals surface area contributed by atoms with Gasteiger partial charge in [0.2, 0.25) is 0 Å². The molecule has 0 saturated heterocycles. The van der Waals surface area contributed by atoms with Gasteiger partial charge in [-0.05, 0) is 58.3 Å². The smallest absolute Gasteiger partial charge is 0.434 e. The van der Waals surface area contributed by atoms with Crippen LogP contribution in [0.25, 0.3) is 0 Å². The van der Waals surface area contributed by atoms with Crippen molar-refractivity contribution in [3.8, 4) is 0 Å². The standard InChI is InChI=1S/C17H30F6O6Si3/c1-30(2,3)28-32(6,7)29-31(4,5)12-8-11-26-13(24)9-10-14(25)27-15(16(18,19)20)17(21,22)23/h9-10,15H,8,11-12H2,1-7H3/b10-9+. The summed E-state index contributed by atoms with van der Waals surface area (Å²) in [4.78, 5) is 22.8. The van der Waals surface area contributed by atoms with Gasteiger partial charge in [-0.2, -0.15) is 26.3 Å². The van der Waals surface area contributed by atoms with Crippen molar-refractivity contribution in [1.29, 1.82) is 0 Å². The van der Waals surface area contributed by atoms with Gasteiger partial charge in [0.15, 0.2) is 16.6 Å². The molecule has 0 spiro atoms. The van der Waals surface area contributed by atoms with Gasteiger partial charge in [0.05, 0.1) is 6.61 Å². The summed E-state index contributed by atoms with van der Waals surface area (Å²) in [6.07, 6.45) is -15.0. The topological polar surface area (TPSA) is 71.1 Å². The number of esters is 2. The first-order valence-electron chi connectivity index (χ1n) is 9.63. The van der Waals surface area contributed by atoms with Gasteiger partial charge in [-0.1, -0.05) is 0 Å². The number of carbonyl (C=O) groups is 2. The van der Waals surface area contributed by atoms with E-state index in [1.807, 2.05) is 26.2 Å². The van der Waals surface area contributed by atoms with E-state index in [2.05, 4.69) is 24.4 Å². The molecule has 0 atom stereocenters. The molecule has 0 aliphatic carbocycles. The first kappa shape index (κ1) is 30.8. The predicted octanol–water partition coefficient (Wildman–Crippen LogP) is 5.29. The zero-order chi connectivity index (χ0) is 25.6. The Morgan fingerprint density at radius 3 is 1.72 bits per heavy atom. The van der Waals surface area contributed by atoms with E-state index < -0.39 is 55.6 Å². The highest BCUT2D eigenvalue weighted by Gasteiger charge is 2.59. The molecule has 188 valence electrons. The molecule has 0 aliphatic rings. The Bertz CT molecular complexity index is 657. The van der Waals surface area contributed by atoms with E-state index in [0.717, 1.165) is 0 Å². The summed E-state index contributed by atoms with van der Waals surface area (Å²) in [7, 11) is -6.24. The minimum absolute atomic E-state index is 0.0669. The van der Waals surface area contributed by atoms with Crippen molar-refractivity contribution >= 4 is 37.1 Å². The second-order valence-corrected chi connectivity index (χ2v) is 21.7. The second-order valence-electron chi connectivity index (χ2n) is 8.98. The van der Waals surface area contributed by atoms with Crippen LogP contribution in [0.15, 0.2) is 12.2 Å². The molecular formula is C17H30F6O6Si3. The van der Waals surface area contributed by atoms with Crippen molar-refractivity contribution < 1.29 is 53.6 Å². The Morgan fingerprint density at radius 1 is 0.812 bits per heavy atom. The zero-order valence-corrected chi connectivity index (χ0v) is 22.1. The second kappa shape index (κ2) is 11.3. The Balaban J connectivity index is 4.55. The largest absolute Gasteiger partial charge is 0.463 e. The number of halogens is 6. The van der Waals surface area contributed by atoms with E-state index in [9.17, 15) is 35.9 Å². The maximum absolute atomic E-state index is 12.3. The van der Waals surface area contributed by atoms with E-state index in [-0.39, 0.29) is 12.7 Å². The fourth-order valence-electron chi connectivity index (χ4n) is 2.80. The lowest BCUT2D eigenvalue weighted by Gasteiger charge is -2.37. The summed E-state index contributed by atoms with van der Waals surface area (Å²) in [6.45, 7) is 14.0. The van der Waals surface area contributed by atoms with Gasteiger partial charge < -0.3 is 17.7 Å². The molecule has 0 heterocycles. The fraction of sp³-hybridized carbons (Fsp3) is 0.765. The lowest BCUT2D eigenvalue weighted by Crippen LogP contribution is -2.51. The lowest BCUT2D eigenvalue weighted by molar-refractivity contribution is -0.312. The Morgan fingerprint density at radius 2 is 1.28 bits per heavy atom. The fourth-order valence-corrected chi connectivity index (χ4v) is 16.0. The average molecular weight is 529 g/mol. The molecular weight excluding hydrogens is 498 g/mol. The maximum atomic E-state index is 12.3. The third-order valence-corrected chi connectivity index (χ3v) is 13.6. The number of hydrogen-bond acceptors (Lipinski definition) is 6. The third-order valence-electron chi connectivity index (χ3n) is 3.43. The Kier molecular flexibility index (Phi) is 10.9. The molecule has 0 fully saturated rings. The SMILES string of the molecule is C[Si](C)(C)O[Si](C)(C)O[Si](C)(C)CCCOC(=O)/C=C/C(=O)OC(C(F)(F)F)C(F)(F)F. The molecule has 0 amide bonds. The molecule has 0 aromatic heterocycles. The van der Waals surface area contributed by atoms with Gasteiger partial charge in [0.1, 0.15) is 0 Å². The number of ether oxygens (including phenoxy) is 2. The van der Waals surface area contributed by atoms with Crippen molar-refractivity contribution in [2.45, 2.75) is 76.8 Å². The van der Waals surface area contributed by atoms with Gasteiger partial charge >= 0.3 is 32.9 Å². The highest BCUT2D eigenvalue weighted by atomic mass is 28.5. The molecule has 0 aromatic carbocycles. The van der Waals surface area contributed by atoms with Gasteiger partial charge in [-0.3, -0.25) is 0 Å². The monoisotopic (exact) mass is 528 g/mol. The molecule has 0 aromatic rings. The van der Waals surface area contributed by atoms with E-state index in [1.165, 1.54) is 0 Å². The lowest BCUT2D eigenvalue weighted by atomic mass is 10.3. The van der Waals surface area contributed by atoms with Gasteiger partial charge in [0.25, 0.3) is 6.10 Å². The highest BCUT2D eigenvalue weighted by Crippen LogP contribution is 2.35. The Labute approximate surface area is 186 Å². The van der Waals surface area contributed by atoms with Crippen LogP contribution in [-0.4, -0.2) is 62.2 Å². The van der Waals surface area contributed by atoms with Crippen molar-refractivity contribution in [3.05, 3.63) is 12.2 Å². The molecule has 0 aliphatic heterocycles. The summed E-state index contributed by atoms with van der Waals surface area (Å²) < 4.78 is 94.6. The van der Waals surface area contributed by atoms with Crippen molar-refractivity contribution in [2.75, 3.05) is 6.61 Å². The normalized spacial score (nSPS) is 14.2. The molecule has 0 rings (SSSR count). The molecule has 0 N–H and O–H groups in total. The van der Waals surface area contributed by atoms with Crippen LogP contribution in [0.3, 0.4) is 0 Å². The number of hydrogen-bond donors (Lipinski definition) is 0. The molecule has 0 saturated carbocycles. The van der Waals surface area contributed by atoms with Crippen molar-refractivity contribution in [1.82, 2.24) is 0 Å². The summed E-state index contributed by atoms with van der Waals surface area (Å²) in [5.74, 6) is -3.08. The van der Waals surface area contributed by atoms with E-state index >= 15 is 0 Å². The van der Waals surface area contributed by atoms with Crippen LogP contribution in [0.1, 0.15) is 6.42 Å². The minimum Gasteiger partial charge on any atom is -0.463 e. The summed E-state index contributed by atoms with van der Waals surface area (Å²) in [6, 6.07) is 0.621. The predicted molar refractivity (Wildman–Crippen MR) is 112 cm³/mol. The van der Waals surface area contributed by atoms with Crippen molar-refractivity contribution in [2.24, 2.45) is 0 Å². The molecule has 15 heteroatoms. The van der Waals surface area contributed by atoms with Crippen LogP contribution in [-0.2, 0) is 27.3 Å². The van der Waals surface area contributed by atoms with Crippen molar-refractivity contribution in [3.63, 3.8) is 0 Å². The average Bonchev–Trinajstić information content (AvgIpc) is 2.49. The first-order chi connectivity index (χ1) is 14.0. The molecule has 0 unspecified atom stereocenters. The van der Waals surface area contributed by atoms with Gasteiger partial charge in [0, 0.05) is 12.2 Å². The summed E-state index contributed by atoms with van der Waals surface area (Å²) in [5, 5.41) is 0. The minimum atomic E-state index is -5.83. The molecule has 0 radical (unpaired) electrons. The molecule has 0 bridgehead atoms. The zero-order valence-electron chi connectivity index (χ0n) is 19.1. The number of rotatable bonds is 11. The number of carbonyl (C=O) groups excluding carboxylic acids is 2. The molecule has 6 nitrogen and oxygen atoms in total. The van der Waals surface area contributed by atoms with Gasteiger partial charge in [-0.25, -0.2) is 9.59 Å². The van der Waals surface area contributed by atoms with E-state index in [1.54, 1.807) is 0 Å². The Hall–Kier alpha value is -1.17. The highest BCUT2D eigenvalue weighted by molar-refractivity contribution is 6.87. The third kappa shape index (κ3) is 14.1. The van der Waals surface area contributed by atoms with Crippen LogP contribution < -0.4 is 0 Å². The van der Waals surface area contributed by atoms with Crippen LogP contribution in [0, 0.1) is 0 Å². The quantitative estimate of drug-likeness (QED) is 0.119. The van der Waals surface area contributed by atoms with E-state index in [0.29, 0.717) is 18.5 Å². The number of alkyl halides is 6. The van der Waals surface area contributed by atoms with Crippen LogP contribution in [0.4, 0.5) is 26.3 Å².